The molecule has 0 aliphatic heterocycles. The maximum absolute atomic E-state index is 10.7. The molecule has 2 rings (SSSR count). The third kappa shape index (κ3) is 5.47. The van der Waals surface area contributed by atoms with Crippen molar-refractivity contribution in [2.75, 3.05) is 6.54 Å². The van der Waals surface area contributed by atoms with Crippen LogP contribution >= 0.6 is 0 Å². The Hall–Kier alpha value is -2.24. The molecule has 0 aliphatic carbocycles. The monoisotopic (exact) mass is 314 g/mol. The van der Waals surface area contributed by atoms with E-state index in [-0.39, 0.29) is 6.04 Å². The Morgan fingerprint density at radius 2 is 1.43 bits per heavy atom. The van der Waals surface area contributed by atoms with Crippen LogP contribution in [0.3, 0.4) is 0 Å². The molecule has 5 heteroatoms. The van der Waals surface area contributed by atoms with E-state index in [1.54, 1.807) is 0 Å². The van der Waals surface area contributed by atoms with Gasteiger partial charge in [0.1, 0.15) is 6.10 Å². The molecular formula is C18H22N2O3. The Kier molecular flexibility index (Phi) is 6.26. The molecule has 0 bridgehead atoms. The van der Waals surface area contributed by atoms with Gasteiger partial charge in [0.2, 0.25) is 6.54 Å². The summed E-state index contributed by atoms with van der Waals surface area (Å²) in [5.41, 5.74) is 2.23. The van der Waals surface area contributed by atoms with E-state index in [1.165, 1.54) is 0 Å². The Balaban J connectivity index is 2.14. The number of nitrogens with zero attached hydrogens (tertiary/aromatic N) is 2. The lowest BCUT2D eigenvalue weighted by atomic mass is 10.1. The van der Waals surface area contributed by atoms with Gasteiger partial charge in [-0.1, -0.05) is 60.7 Å². The standard InChI is InChI=1S/C18H22N2O3/c1-15(18(21)14-20(22)23)19(12-16-8-4-2-5-9-16)13-17-10-6-3-7-11-17/h2-11,15,18,21H,12-14H2,1H3/t15-,18+/m0/s1. The number of hydrogen-bond acceptors (Lipinski definition) is 4. The van der Waals surface area contributed by atoms with Crippen LogP contribution in [-0.4, -0.2) is 33.6 Å². The molecule has 1 N–H and O–H groups in total. The molecule has 0 spiro atoms. The minimum atomic E-state index is -1.00. The summed E-state index contributed by atoms with van der Waals surface area (Å²) in [4.78, 5) is 12.3. The van der Waals surface area contributed by atoms with Crippen molar-refractivity contribution in [2.24, 2.45) is 0 Å². The van der Waals surface area contributed by atoms with Crippen LogP contribution in [0.25, 0.3) is 0 Å². The number of aliphatic hydroxyl groups is 1. The SMILES string of the molecule is C[C@@H]([C@H](O)C[N+](=O)[O-])N(Cc1ccccc1)Cc1ccccc1. The van der Waals surface area contributed by atoms with Gasteiger partial charge in [-0.3, -0.25) is 15.0 Å². The van der Waals surface area contributed by atoms with E-state index in [0.29, 0.717) is 13.1 Å². The smallest absolute Gasteiger partial charge is 0.230 e. The van der Waals surface area contributed by atoms with Crippen LogP contribution in [-0.2, 0) is 13.1 Å². The van der Waals surface area contributed by atoms with E-state index in [4.69, 9.17) is 0 Å². The van der Waals surface area contributed by atoms with Gasteiger partial charge in [-0.2, -0.15) is 0 Å². The zero-order valence-electron chi connectivity index (χ0n) is 13.2. The summed E-state index contributed by atoms with van der Waals surface area (Å²) >= 11 is 0. The first-order valence-electron chi connectivity index (χ1n) is 7.68. The highest BCUT2D eigenvalue weighted by Gasteiger charge is 2.25. The highest BCUT2D eigenvalue weighted by atomic mass is 16.6. The molecule has 23 heavy (non-hydrogen) atoms. The van der Waals surface area contributed by atoms with Crippen LogP contribution in [0.2, 0.25) is 0 Å². The van der Waals surface area contributed by atoms with Gasteiger partial charge >= 0.3 is 0 Å². The third-order valence-corrected chi connectivity index (χ3v) is 3.93. The number of aliphatic hydroxyl groups excluding tert-OH is 1. The van der Waals surface area contributed by atoms with E-state index >= 15 is 0 Å². The number of benzene rings is 2. The minimum Gasteiger partial charge on any atom is -0.385 e. The van der Waals surface area contributed by atoms with Crippen molar-refractivity contribution in [3.8, 4) is 0 Å². The van der Waals surface area contributed by atoms with Gasteiger partial charge in [0, 0.05) is 24.1 Å². The summed E-state index contributed by atoms with van der Waals surface area (Å²) in [6.45, 7) is 2.65. The summed E-state index contributed by atoms with van der Waals surface area (Å²) in [7, 11) is 0. The fourth-order valence-electron chi connectivity index (χ4n) is 2.53. The third-order valence-electron chi connectivity index (χ3n) is 3.93. The van der Waals surface area contributed by atoms with Crippen molar-refractivity contribution >= 4 is 0 Å². The predicted octanol–water partition coefficient (Wildman–Crippen LogP) is 2.71. The number of nitro groups is 1. The van der Waals surface area contributed by atoms with Crippen LogP contribution in [0.4, 0.5) is 0 Å². The first-order chi connectivity index (χ1) is 11.1. The van der Waals surface area contributed by atoms with E-state index in [2.05, 4.69) is 4.90 Å². The average Bonchev–Trinajstić information content (AvgIpc) is 2.55. The highest BCUT2D eigenvalue weighted by molar-refractivity contribution is 5.17. The topological polar surface area (TPSA) is 66.6 Å². The normalized spacial score (nSPS) is 13.7. The van der Waals surface area contributed by atoms with E-state index < -0.39 is 17.6 Å². The first-order valence-corrected chi connectivity index (χ1v) is 7.68. The summed E-state index contributed by atoms with van der Waals surface area (Å²) in [6, 6.07) is 19.5. The summed E-state index contributed by atoms with van der Waals surface area (Å²) in [5, 5.41) is 20.8. The Bertz CT molecular complexity index is 563. The quantitative estimate of drug-likeness (QED) is 0.601. The molecule has 0 heterocycles. The molecule has 0 aliphatic rings. The lowest BCUT2D eigenvalue weighted by molar-refractivity contribution is -0.491. The Morgan fingerprint density at radius 3 is 1.83 bits per heavy atom. The van der Waals surface area contributed by atoms with Gasteiger partial charge < -0.3 is 5.11 Å². The van der Waals surface area contributed by atoms with Crippen LogP contribution in [0, 0.1) is 10.1 Å². The van der Waals surface area contributed by atoms with Crippen molar-refractivity contribution in [3.63, 3.8) is 0 Å². The van der Waals surface area contributed by atoms with Gasteiger partial charge in [0.15, 0.2) is 0 Å². The molecule has 0 saturated carbocycles. The molecule has 0 aromatic heterocycles. The van der Waals surface area contributed by atoms with E-state index in [9.17, 15) is 15.2 Å². The lowest BCUT2D eigenvalue weighted by Crippen LogP contribution is -2.43. The zero-order valence-corrected chi connectivity index (χ0v) is 13.2. The summed E-state index contributed by atoms with van der Waals surface area (Å²) in [6.07, 6.45) is -1.00. The molecule has 0 amide bonds. The van der Waals surface area contributed by atoms with Crippen LogP contribution < -0.4 is 0 Å². The Morgan fingerprint density at radius 1 is 1.00 bits per heavy atom. The van der Waals surface area contributed by atoms with Crippen LogP contribution in [0.15, 0.2) is 60.7 Å². The second-order valence-corrected chi connectivity index (χ2v) is 5.70. The second-order valence-electron chi connectivity index (χ2n) is 5.70. The van der Waals surface area contributed by atoms with Crippen molar-refractivity contribution in [3.05, 3.63) is 81.9 Å². The molecule has 122 valence electrons. The number of hydrogen-bond donors (Lipinski definition) is 1. The van der Waals surface area contributed by atoms with Gasteiger partial charge in [-0.15, -0.1) is 0 Å². The van der Waals surface area contributed by atoms with Gasteiger partial charge in [0.25, 0.3) is 0 Å². The predicted molar refractivity (Wildman–Crippen MR) is 89.5 cm³/mol. The lowest BCUT2D eigenvalue weighted by Gasteiger charge is -2.31. The molecule has 2 atom stereocenters. The van der Waals surface area contributed by atoms with Crippen molar-refractivity contribution in [1.29, 1.82) is 0 Å². The largest absolute Gasteiger partial charge is 0.385 e. The fourth-order valence-corrected chi connectivity index (χ4v) is 2.53. The molecule has 2 aromatic carbocycles. The molecule has 0 unspecified atom stereocenters. The summed E-state index contributed by atoms with van der Waals surface area (Å²) < 4.78 is 0. The highest BCUT2D eigenvalue weighted by Crippen LogP contribution is 2.15. The van der Waals surface area contributed by atoms with Gasteiger partial charge in [-0.25, -0.2) is 0 Å². The average molecular weight is 314 g/mol. The molecule has 0 fully saturated rings. The van der Waals surface area contributed by atoms with Crippen molar-refractivity contribution in [2.45, 2.75) is 32.2 Å². The minimum absolute atomic E-state index is 0.319. The van der Waals surface area contributed by atoms with Crippen molar-refractivity contribution < 1.29 is 10.0 Å². The molecule has 0 saturated heterocycles. The first kappa shape index (κ1) is 17.1. The maximum Gasteiger partial charge on any atom is 0.230 e. The molecule has 2 aromatic rings. The number of rotatable bonds is 8. The van der Waals surface area contributed by atoms with Crippen LogP contribution in [0.5, 0.6) is 0 Å². The van der Waals surface area contributed by atoms with Crippen molar-refractivity contribution in [1.82, 2.24) is 4.90 Å². The second kappa shape index (κ2) is 8.41. The van der Waals surface area contributed by atoms with E-state index in [0.717, 1.165) is 11.1 Å². The van der Waals surface area contributed by atoms with E-state index in [1.807, 2.05) is 67.6 Å². The van der Waals surface area contributed by atoms with Gasteiger partial charge in [-0.05, 0) is 18.1 Å². The maximum atomic E-state index is 10.7. The zero-order chi connectivity index (χ0) is 16.7. The Labute approximate surface area is 136 Å². The molecule has 5 nitrogen and oxygen atoms in total. The molecule has 0 radical (unpaired) electrons. The van der Waals surface area contributed by atoms with Gasteiger partial charge in [0.05, 0.1) is 0 Å². The molecular weight excluding hydrogens is 292 g/mol. The van der Waals surface area contributed by atoms with Crippen LogP contribution in [0.1, 0.15) is 18.1 Å². The summed E-state index contributed by atoms with van der Waals surface area (Å²) in [5.74, 6) is 0. The fraction of sp³-hybridized carbons (Fsp3) is 0.333.